The number of allylic oxidation sites excluding steroid dienone is 1. The highest BCUT2D eigenvalue weighted by atomic mass is 19.1. The summed E-state index contributed by atoms with van der Waals surface area (Å²) in [5.41, 5.74) is 2.25. The molecule has 1 aromatic heterocycles. The van der Waals surface area contributed by atoms with Gasteiger partial charge in [0.2, 0.25) is 5.78 Å². The third-order valence-corrected chi connectivity index (χ3v) is 5.83. The fourth-order valence-corrected chi connectivity index (χ4v) is 4.12. The molecule has 0 bridgehead atoms. The van der Waals surface area contributed by atoms with Crippen LogP contribution in [0.15, 0.2) is 66.6 Å². The Morgan fingerprint density at radius 2 is 1.81 bits per heavy atom. The number of para-hydroxylation sites is 1. The number of phenols is 1. The number of hydrogen-bond acceptors (Lipinski definition) is 6. The molecule has 2 aromatic carbocycles. The van der Waals surface area contributed by atoms with Crippen molar-refractivity contribution in [3.05, 3.63) is 89.2 Å². The van der Waals surface area contributed by atoms with E-state index in [0.29, 0.717) is 61.0 Å². The summed E-state index contributed by atoms with van der Waals surface area (Å²) >= 11 is 0. The summed E-state index contributed by atoms with van der Waals surface area (Å²) in [6.45, 7) is 3.16. The molecule has 3 heterocycles. The summed E-state index contributed by atoms with van der Waals surface area (Å²) < 4.78 is 20.0. The molecule has 0 unspecified atom stereocenters. The monoisotopic (exact) mass is 431 g/mol. The van der Waals surface area contributed by atoms with Gasteiger partial charge in [0.15, 0.2) is 5.76 Å². The van der Waals surface area contributed by atoms with Crippen LogP contribution < -0.4 is 9.64 Å². The SMILES string of the molecule is O=C1/C(=C/c2ccccn2)Oc2c1ccc(O)c2CN1CCN(c2ccccc2F)CC1. The van der Waals surface area contributed by atoms with Crippen LogP contribution in [-0.4, -0.2) is 47.0 Å². The van der Waals surface area contributed by atoms with Crippen molar-refractivity contribution in [2.75, 3.05) is 31.1 Å². The number of benzene rings is 2. The molecule has 0 spiro atoms. The van der Waals surface area contributed by atoms with Crippen molar-refractivity contribution in [3.63, 3.8) is 0 Å². The van der Waals surface area contributed by atoms with Crippen molar-refractivity contribution in [1.29, 1.82) is 0 Å². The number of ether oxygens (including phenoxy) is 1. The van der Waals surface area contributed by atoms with E-state index in [4.69, 9.17) is 4.74 Å². The molecule has 0 aliphatic carbocycles. The first-order valence-electron chi connectivity index (χ1n) is 10.5. The van der Waals surface area contributed by atoms with Gasteiger partial charge in [0, 0.05) is 45.0 Å². The van der Waals surface area contributed by atoms with Gasteiger partial charge in [0.05, 0.1) is 22.5 Å². The summed E-state index contributed by atoms with van der Waals surface area (Å²) in [4.78, 5) is 21.2. The highest BCUT2D eigenvalue weighted by Gasteiger charge is 2.32. The number of Topliss-reactive ketones (excluding diaryl/α,β-unsaturated/α-hetero) is 1. The average molecular weight is 431 g/mol. The fraction of sp³-hybridized carbons (Fsp3) is 0.200. The Morgan fingerprint density at radius 3 is 2.56 bits per heavy atom. The van der Waals surface area contributed by atoms with Gasteiger partial charge in [0.25, 0.3) is 0 Å². The number of piperazine rings is 1. The molecule has 32 heavy (non-hydrogen) atoms. The molecule has 7 heteroatoms. The van der Waals surface area contributed by atoms with Crippen molar-refractivity contribution in [1.82, 2.24) is 9.88 Å². The summed E-state index contributed by atoms with van der Waals surface area (Å²) in [5, 5.41) is 10.5. The van der Waals surface area contributed by atoms with Crippen LogP contribution in [0.25, 0.3) is 6.08 Å². The topological polar surface area (TPSA) is 65.9 Å². The van der Waals surface area contributed by atoms with E-state index in [1.54, 1.807) is 42.6 Å². The number of hydrogen-bond donors (Lipinski definition) is 1. The fourth-order valence-electron chi connectivity index (χ4n) is 4.12. The van der Waals surface area contributed by atoms with Crippen LogP contribution in [0.4, 0.5) is 10.1 Å². The van der Waals surface area contributed by atoms with Gasteiger partial charge < -0.3 is 14.7 Å². The number of carbonyl (C=O) groups excluding carboxylic acids is 1. The number of pyridine rings is 1. The third-order valence-electron chi connectivity index (χ3n) is 5.83. The van der Waals surface area contributed by atoms with E-state index in [1.165, 1.54) is 12.1 Å². The number of aromatic nitrogens is 1. The second-order valence-corrected chi connectivity index (χ2v) is 7.85. The van der Waals surface area contributed by atoms with Gasteiger partial charge >= 0.3 is 0 Å². The van der Waals surface area contributed by atoms with E-state index in [-0.39, 0.29) is 23.1 Å². The van der Waals surface area contributed by atoms with Crippen LogP contribution >= 0.6 is 0 Å². The first-order chi connectivity index (χ1) is 15.6. The molecule has 0 amide bonds. The second kappa shape index (κ2) is 8.43. The Kier molecular flexibility index (Phi) is 5.33. The van der Waals surface area contributed by atoms with Gasteiger partial charge in [-0.05, 0) is 36.4 Å². The molecule has 6 nitrogen and oxygen atoms in total. The van der Waals surface area contributed by atoms with E-state index >= 15 is 0 Å². The predicted molar refractivity (Wildman–Crippen MR) is 119 cm³/mol. The maximum Gasteiger partial charge on any atom is 0.232 e. The van der Waals surface area contributed by atoms with Crippen LogP contribution in [0.3, 0.4) is 0 Å². The van der Waals surface area contributed by atoms with E-state index in [2.05, 4.69) is 9.88 Å². The summed E-state index contributed by atoms with van der Waals surface area (Å²) in [7, 11) is 0. The van der Waals surface area contributed by atoms with E-state index < -0.39 is 0 Å². The standard InChI is InChI=1S/C25H22FN3O3/c26-20-6-1-2-7-21(20)29-13-11-28(12-14-29)16-19-22(30)9-8-18-24(31)23(32-25(18)19)15-17-5-3-4-10-27-17/h1-10,15,30H,11-14,16H2/b23-15-. The van der Waals surface area contributed by atoms with Crippen molar-refractivity contribution in [2.45, 2.75) is 6.54 Å². The Morgan fingerprint density at radius 1 is 1.03 bits per heavy atom. The van der Waals surface area contributed by atoms with Crippen LogP contribution in [-0.2, 0) is 6.54 Å². The predicted octanol–water partition coefficient (Wildman–Crippen LogP) is 3.86. The van der Waals surface area contributed by atoms with Gasteiger partial charge in [0.1, 0.15) is 17.3 Å². The molecule has 2 aliphatic heterocycles. The van der Waals surface area contributed by atoms with Gasteiger partial charge in [-0.15, -0.1) is 0 Å². The van der Waals surface area contributed by atoms with Gasteiger partial charge in [-0.25, -0.2) is 4.39 Å². The Labute approximate surface area is 185 Å². The van der Waals surface area contributed by atoms with Crippen molar-refractivity contribution < 1.29 is 19.0 Å². The van der Waals surface area contributed by atoms with Crippen LogP contribution in [0, 0.1) is 5.82 Å². The van der Waals surface area contributed by atoms with E-state index in [0.717, 1.165) is 0 Å². The normalized spacial score (nSPS) is 17.5. The minimum absolute atomic E-state index is 0.0900. The van der Waals surface area contributed by atoms with E-state index in [9.17, 15) is 14.3 Å². The van der Waals surface area contributed by atoms with Gasteiger partial charge in [-0.1, -0.05) is 18.2 Å². The summed E-state index contributed by atoms with van der Waals surface area (Å²) in [5.74, 6) is 0.227. The number of carbonyl (C=O) groups is 1. The highest BCUT2D eigenvalue weighted by Crippen LogP contribution is 2.40. The van der Waals surface area contributed by atoms with Gasteiger partial charge in [-0.3, -0.25) is 14.7 Å². The highest BCUT2D eigenvalue weighted by molar-refractivity contribution is 6.14. The molecule has 0 atom stereocenters. The molecule has 2 aliphatic rings. The molecule has 5 rings (SSSR count). The lowest BCUT2D eigenvalue weighted by Gasteiger charge is -2.36. The van der Waals surface area contributed by atoms with Crippen molar-refractivity contribution in [3.8, 4) is 11.5 Å². The quantitative estimate of drug-likeness (QED) is 0.633. The maximum atomic E-state index is 14.1. The Bertz CT molecular complexity index is 1190. The first-order valence-corrected chi connectivity index (χ1v) is 10.5. The third kappa shape index (κ3) is 3.83. The zero-order chi connectivity index (χ0) is 22.1. The number of rotatable bonds is 4. The molecule has 1 N–H and O–H groups in total. The number of ketones is 1. The molecule has 3 aromatic rings. The number of halogens is 1. The number of aromatic hydroxyl groups is 1. The summed E-state index contributed by atoms with van der Waals surface area (Å²) in [6.07, 6.45) is 3.26. The lowest BCUT2D eigenvalue weighted by molar-refractivity contribution is 0.101. The largest absolute Gasteiger partial charge is 0.507 e. The lowest BCUT2D eigenvalue weighted by atomic mass is 10.0. The first kappa shape index (κ1) is 20.2. The van der Waals surface area contributed by atoms with Crippen LogP contribution in [0.2, 0.25) is 0 Å². The molecular weight excluding hydrogens is 409 g/mol. The molecular formula is C25H22FN3O3. The molecule has 1 fully saturated rings. The number of anilines is 1. The zero-order valence-corrected chi connectivity index (χ0v) is 17.4. The number of fused-ring (bicyclic) bond motifs is 1. The molecule has 162 valence electrons. The summed E-state index contributed by atoms with van der Waals surface area (Å²) in [6, 6.07) is 15.3. The Balaban J connectivity index is 1.33. The average Bonchev–Trinajstić information content (AvgIpc) is 3.13. The number of phenolic OH excluding ortho intramolecular Hbond substituents is 1. The van der Waals surface area contributed by atoms with Crippen LogP contribution in [0.1, 0.15) is 21.6 Å². The van der Waals surface area contributed by atoms with Crippen molar-refractivity contribution in [2.24, 2.45) is 0 Å². The van der Waals surface area contributed by atoms with Crippen LogP contribution in [0.5, 0.6) is 11.5 Å². The molecule has 0 saturated carbocycles. The smallest absolute Gasteiger partial charge is 0.232 e. The lowest BCUT2D eigenvalue weighted by Crippen LogP contribution is -2.46. The zero-order valence-electron chi connectivity index (χ0n) is 17.4. The minimum atomic E-state index is -0.226. The van der Waals surface area contributed by atoms with Crippen molar-refractivity contribution >= 4 is 17.5 Å². The van der Waals surface area contributed by atoms with E-state index in [1.807, 2.05) is 17.0 Å². The van der Waals surface area contributed by atoms with Gasteiger partial charge in [-0.2, -0.15) is 0 Å². The minimum Gasteiger partial charge on any atom is -0.507 e. The second-order valence-electron chi connectivity index (χ2n) is 7.85. The number of nitrogens with zero attached hydrogens (tertiary/aromatic N) is 3. The Hall–Kier alpha value is -3.71. The molecule has 0 radical (unpaired) electrons. The molecule has 1 saturated heterocycles. The maximum absolute atomic E-state index is 14.1.